The molecule has 0 aliphatic carbocycles. The van der Waals surface area contributed by atoms with Crippen LogP contribution in [0, 0.1) is 0 Å². The van der Waals surface area contributed by atoms with E-state index in [1.54, 1.807) is 0 Å². The van der Waals surface area contributed by atoms with Crippen LogP contribution < -0.4 is 0 Å². The number of ketones is 1. The van der Waals surface area contributed by atoms with Crippen molar-refractivity contribution in [3.63, 3.8) is 0 Å². The van der Waals surface area contributed by atoms with E-state index >= 15 is 0 Å². The van der Waals surface area contributed by atoms with E-state index < -0.39 is 41.4 Å². The molecule has 4 rings (SSSR count). The zero-order valence-corrected chi connectivity index (χ0v) is 20.8. The van der Waals surface area contributed by atoms with Crippen LogP contribution in [0.15, 0.2) is 36.4 Å². The quantitative estimate of drug-likeness (QED) is 0.199. The van der Waals surface area contributed by atoms with Crippen molar-refractivity contribution in [2.45, 2.75) is 26.7 Å². The van der Waals surface area contributed by atoms with Crippen LogP contribution in [-0.4, -0.2) is 77.5 Å². The molecule has 2 heterocycles. The first kappa shape index (κ1) is 26.4. The summed E-state index contributed by atoms with van der Waals surface area (Å²) >= 11 is 0. The summed E-state index contributed by atoms with van der Waals surface area (Å²) in [5.41, 5.74) is 0.777. The fourth-order valence-corrected chi connectivity index (χ4v) is 4.31. The Morgan fingerprint density at radius 1 is 0.605 bits per heavy atom. The van der Waals surface area contributed by atoms with E-state index in [0.29, 0.717) is 0 Å². The summed E-state index contributed by atoms with van der Waals surface area (Å²) < 4.78 is 9.67. The number of carbonyl (C=O) groups excluding carboxylic acids is 7. The van der Waals surface area contributed by atoms with Gasteiger partial charge in [0.15, 0.2) is 5.78 Å². The molecule has 0 atom stereocenters. The third-order valence-corrected chi connectivity index (χ3v) is 6.13. The third kappa shape index (κ3) is 5.08. The molecule has 2 aromatic rings. The maximum atomic E-state index is 13.2. The molecule has 0 saturated carbocycles. The zero-order valence-electron chi connectivity index (χ0n) is 20.8. The Morgan fingerprint density at radius 2 is 0.974 bits per heavy atom. The van der Waals surface area contributed by atoms with E-state index in [-0.39, 0.29) is 72.5 Å². The molecule has 0 spiro atoms. The normalized spacial score (nSPS) is 14.1. The minimum absolute atomic E-state index is 0.0568. The SMILES string of the molecule is CC(=O)OCCCN1C(=O)c2ccc(C(=O)c3ccc4c(c3)C(=O)N(CCCOC(C)=O)C4=O)cc2C1=O. The largest absolute Gasteiger partial charge is 0.466 e. The van der Waals surface area contributed by atoms with Gasteiger partial charge in [0.1, 0.15) is 0 Å². The Bertz CT molecular complexity index is 1290. The van der Waals surface area contributed by atoms with Crippen LogP contribution in [0.25, 0.3) is 0 Å². The van der Waals surface area contributed by atoms with Crippen LogP contribution in [0.3, 0.4) is 0 Å². The van der Waals surface area contributed by atoms with Gasteiger partial charge in [0.2, 0.25) is 0 Å². The Morgan fingerprint density at radius 3 is 1.34 bits per heavy atom. The highest BCUT2D eigenvalue weighted by atomic mass is 16.5. The number of nitrogens with zero attached hydrogens (tertiary/aromatic N) is 2. The highest BCUT2D eigenvalue weighted by Crippen LogP contribution is 2.28. The highest BCUT2D eigenvalue weighted by Gasteiger charge is 2.37. The van der Waals surface area contributed by atoms with E-state index in [2.05, 4.69) is 0 Å². The van der Waals surface area contributed by atoms with Crippen LogP contribution in [-0.2, 0) is 19.1 Å². The number of hydrogen-bond donors (Lipinski definition) is 0. The van der Waals surface area contributed by atoms with E-state index in [0.717, 1.165) is 9.80 Å². The van der Waals surface area contributed by atoms with Gasteiger partial charge < -0.3 is 9.47 Å². The van der Waals surface area contributed by atoms with Gasteiger partial charge in [-0.05, 0) is 37.1 Å². The number of hydrogen-bond acceptors (Lipinski definition) is 9. The average molecular weight is 520 g/mol. The molecule has 0 N–H and O–H groups in total. The van der Waals surface area contributed by atoms with E-state index in [9.17, 15) is 33.6 Å². The molecule has 0 radical (unpaired) electrons. The predicted octanol–water partition coefficient (Wildman–Crippen LogP) is 2.02. The van der Waals surface area contributed by atoms with Crippen molar-refractivity contribution in [2.75, 3.05) is 26.3 Å². The number of imide groups is 2. The summed E-state index contributed by atoms with van der Waals surface area (Å²) in [4.78, 5) is 88.1. The molecule has 0 unspecified atom stereocenters. The number of benzene rings is 2. The van der Waals surface area contributed by atoms with Crippen LogP contribution in [0.1, 0.15) is 84.0 Å². The second-order valence-electron chi connectivity index (χ2n) is 8.76. The molecule has 0 fully saturated rings. The molecule has 0 bridgehead atoms. The Labute approximate surface area is 217 Å². The van der Waals surface area contributed by atoms with Crippen molar-refractivity contribution in [1.82, 2.24) is 9.80 Å². The van der Waals surface area contributed by atoms with Crippen molar-refractivity contribution >= 4 is 41.4 Å². The number of amides is 4. The Balaban J connectivity index is 1.48. The van der Waals surface area contributed by atoms with Crippen molar-refractivity contribution in [1.29, 1.82) is 0 Å². The van der Waals surface area contributed by atoms with Crippen molar-refractivity contribution in [2.24, 2.45) is 0 Å². The van der Waals surface area contributed by atoms with Gasteiger partial charge in [-0.1, -0.05) is 12.1 Å². The molecule has 2 aromatic carbocycles. The number of ether oxygens (including phenoxy) is 2. The summed E-state index contributed by atoms with van der Waals surface area (Å²) in [5.74, 6) is -3.51. The number of esters is 2. The van der Waals surface area contributed by atoms with Gasteiger partial charge in [-0.15, -0.1) is 0 Å². The summed E-state index contributed by atoms with van der Waals surface area (Å²) in [6, 6.07) is 8.34. The maximum absolute atomic E-state index is 13.2. The zero-order chi connectivity index (χ0) is 27.6. The van der Waals surface area contributed by atoms with Gasteiger partial charge in [-0.25, -0.2) is 0 Å². The number of fused-ring (bicyclic) bond motifs is 2. The topological polar surface area (TPSA) is 144 Å². The van der Waals surface area contributed by atoms with Crippen LogP contribution in [0.2, 0.25) is 0 Å². The predicted molar refractivity (Wildman–Crippen MR) is 130 cm³/mol. The van der Waals surface area contributed by atoms with Gasteiger partial charge >= 0.3 is 11.9 Å². The fraction of sp³-hybridized carbons (Fsp3) is 0.296. The third-order valence-electron chi connectivity index (χ3n) is 6.13. The van der Waals surface area contributed by atoms with Crippen LogP contribution in [0.4, 0.5) is 0 Å². The number of carbonyl (C=O) groups is 7. The first-order valence-electron chi connectivity index (χ1n) is 11.9. The molecule has 0 saturated heterocycles. The second kappa shape index (κ2) is 10.8. The van der Waals surface area contributed by atoms with Gasteiger partial charge in [0.25, 0.3) is 23.6 Å². The molecule has 0 aromatic heterocycles. The molecule has 38 heavy (non-hydrogen) atoms. The van der Waals surface area contributed by atoms with E-state index in [4.69, 9.17) is 9.47 Å². The molecular formula is C27H24N2O9. The maximum Gasteiger partial charge on any atom is 0.302 e. The van der Waals surface area contributed by atoms with Gasteiger partial charge in [0.05, 0.1) is 35.5 Å². The monoisotopic (exact) mass is 520 g/mol. The molecule has 2 aliphatic heterocycles. The van der Waals surface area contributed by atoms with Gasteiger partial charge in [-0.3, -0.25) is 43.4 Å². The molecule has 4 amide bonds. The lowest BCUT2D eigenvalue weighted by Gasteiger charge is -2.13. The first-order chi connectivity index (χ1) is 18.1. The van der Waals surface area contributed by atoms with Crippen LogP contribution in [0.5, 0.6) is 0 Å². The minimum Gasteiger partial charge on any atom is -0.466 e. The molecular weight excluding hydrogens is 496 g/mol. The van der Waals surface area contributed by atoms with Crippen LogP contribution >= 0.6 is 0 Å². The van der Waals surface area contributed by atoms with Gasteiger partial charge in [0, 0.05) is 38.1 Å². The smallest absolute Gasteiger partial charge is 0.302 e. The van der Waals surface area contributed by atoms with Crippen molar-refractivity contribution in [3.8, 4) is 0 Å². The van der Waals surface area contributed by atoms with E-state index in [1.165, 1.54) is 50.2 Å². The lowest BCUT2D eigenvalue weighted by molar-refractivity contribution is -0.142. The Kier molecular flexibility index (Phi) is 7.47. The summed E-state index contributed by atoms with van der Waals surface area (Å²) in [6.45, 7) is 2.77. The Hall–Kier alpha value is -4.67. The molecule has 11 nitrogen and oxygen atoms in total. The van der Waals surface area contributed by atoms with Crippen molar-refractivity contribution in [3.05, 3.63) is 69.8 Å². The molecule has 11 heteroatoms. The first-order valence-corrected chi connectivity index (χ1v) is 11.9. The summed E-state index contributed by atoms with van der Waals surface area (Å²) in [7, 11) is 0. The van der Waals surface area contributed by atoms with Crippen molar-refractivity contribution < 1.29 is 43.0 Å². The summed E-state index contributed by atoms with van der Waals surface area (Å²) in [5, 5.41) is 0. The summed E-state index contributed by atoms with van der Waals surface area (Å²) in [6.07, 6.45) is 0.555. The average Bonchev–Trinajstić information content (AvgIpc) is 3.27. The van der Waals surface area contributed by atoms with E-state index in [1.807, 2.05) is 0 Å². The lowest BCUT2D eigenvalue weighted by Crippen LogP contribution is -2.31. The second-order valence-corrected chi connectivity index (χ2v) is 8.76. The standard InChI is InChI=1S/C27H24N2O9/c1-15(30)37-11-3-9-28-24(33)19-7-5-17(13-21(19)26(28)35)23(32)18-6-8-20-22(14-18)27(36)29(25(20)34)10-4-12-38-16(2)31/h5-8,13-14H,3-4,9-12H2,1-2H3. The van der Waals surface area contributed by atoms with Gasteiger partial charge in [-0.2, -0.15) is 0 Å². The molecule has 2 aliphatic rings. The fourth-order valence-electron chi connectivity index (χ4n) is 4.31. The number of rotatable bonds is 10. The lowest BCUT2D eigenvalue weighted by atomic mass is 9.96. The highest BCUT2D eigenvalue weighted by molar-refractivity contribution is 6.24. The minimum atomic E-state index is -0.554. The molecule has 196 valence electrons.